The number of hydrogen-bond donors (Lipinski definition) is 1. The molecule has 2 aromatic carbocycles. The summed E-state index contributed by atoms with van der Waals surface area (Å²) in [5.41, 5.74) is 0.380. The summed E-state index contributed by atoms with van der Waals surface area (Å²) in [6.45, 7) is -0.553. The number of carbonyl (C=O) groups excluding carboxylic acids is 2. The second-order valence-corrected chi connectivity index (χ2v) is 5.77. The molecule has 0 heterocycles. The Balaban J connectivity index is 1.91. The lowest BCUT2D eigenvalue weighted by molar-refractivity contribution is -0.385. The van der Waals surface area contributed by atoms with E-state index in [9.17, 15) is 19.7 Å². The Morgan fingerprint density at radius 1 is 1.19 bits per heavy atom. The van der Waals surface area contributed by atoms with E-state index in [4.69, 9.17) is 27.9 Å². The van der Waals surface area contributed by atoms with Crippen LogP contribution in [0.5, 0.6) is 0 Å². The van der Waals surface area contributed by atoms with Gasteiger partial charge in [-0.3, -0.25) is 14.9 Å². The van der Waals surface area contributed by atoms with Crippen molar-refractivity contribution in [3.63, 3.8) is 0 Å². The molecule has 26 heavy (non-hydrogen) atoms. The number of benzene rings is 2. The number of nitrogens with one attached hydrogen (secondary N) is 1. The van der Waals surface area contributed by atoms with Crippen LogP contribution in [0, 0.1) is 10.1 Å². The highest BCUT2D eigenvalue weighted by molar-refractivity contribution is 6.35. The Hall–Kier alpha value is -2.90. The quantitative estimate of drug-likeness (QED) is 0.344. The molecule has 0 radical (unpaired) electrons. The van der Waals surface area contributed by atoms with Gasteiger partial charge in [0, 0.05) is 17.2 Å². The number of anilines is 1. The van der Waals surface area contributed by atoms with Crippen LogP contribution in [0.4, 0.5) is 11.4 Å². The molecule has 1 amide bonds. The van der Waals surface area contributed by atoms with Crippen molar-refractivity contribution >= 4 is 52.5 Å². The minimum absolute atomic E-state index is 0.148. The van der Waals surface area contributed by atoms with E-state index in [2.05, 4.69) is 5.32 Å². The van der Waals surface area contributed by atoms with Gasteiger partial charge in [-0.05, 0) is 30.3 Å². The van der Waals surface area contributed by atoms with Gasteiger partial charge >= 0.3 is 5.97 Å². The first-order chi connectivity index (χ1) is 12.4. The molecule has 0 saturated carbocycles. The van der Waals surface area contributed by atoms with Crippen molar-refractivity contribution in [1.82, 2.24) is 0 Å². The zero-order valence-corrected chi connectivity index (χ0v) is 14.7. The number of carbonyl (C=O) groups is 2. The summed E-state index contributed by atoms with van der Waals surface area (Å²) >= 11 is 11.7. The molecule has 1 N–H and O–H groups in total. The lowest BCUT2D eigenvalue weighted by atomic mass is 10.1. The van der Waals surface area contributed by atoms with Crippen molar-refractivity contribution < 1.29 is 19.2 Å². The van der Waals surface area contributed by atoms with E-state index in [1.54, 1.807) is 12.1 Å². The minimum Gasteiger partial charge on any atom is -0.452 e. The first-order valence-corrected chi connectivity index (χ1v) is 7.95. The summed E-state index contributed by atoms with van der Waals surface area (Å²) in [7, 11) is 0. The summed E-state index contributed by atoms with van der Waals surface area (Å²) in [4.78, 5) is 33.8. The van der Waals surface area contributed by atoms with Gasteiger partial charge in [0.15, 0.2) is 6.61 Å². The van der Waals surface area contributed by atoms with Crippen LogP contribution >= 0.6 is 23.2 Å². The predicted octanol–water partition coefficient (Wildman–Crippen LogP) is 4.10. The van der Waals surface area contributed by atoms with Gasteiger partial charge in [0.2, 0.25) is 0 Å². The van der Waals surface area contributed by atoms with Crippen molar-refractivity contribution in [1.29, 1.82) is 0 Å². The zero-order chi connectivity index (χ0) is 19.1. The molecule has 2 aromatic rings. The van der Waals surface area contributed by atoms with Crippen molar-refractivity contribution in [3.05, 3.63) is 74.3 Å². The summed E-state index contributed by atoms with van der Waals surface area (Å²) in [6, 6.07) is 10.4. The maximum absolute atomic E-state index is 11.8. The van der Waals surface area contributed by atoms with Crippen molar-refractivity contribution in [3.8, 4) is 0 Å². The van der Waals surface area contributed by atoms with Crippen LogP contribution < -0.4 is 5.32 Å². The molecule has 0 bridgehead atoms. The molecular weight excluding hydrogens is 383 g/mol. The summed E-state index contributed by atoms with van der Waals surface area (Å²) in [6.07, 6.45) is 2.24. The fourth-order valence-electron chi connectivity index (χ4n) is 1.92. The van der Waals surface area contributed by atoms with Crippen LogP contribution in [0.15, 0.2) is 48.5 Å². The Kier molecular flexibility index (Phi) is 6.71. The molecule has 0 fully saturated rings. The molecule has 0 unspecified atom stereocenters. The van der Waals surface area contributed by atoms with Crippen LogP contribution in [0.2, 0.25) is 10.0 Å². The third-order valence-corrected chi connectivity index (χ3v) is 3.65. The molecule has 0 saturated heterocycles. The van der Waals surface area contributed by atoms with E-state index in [1.165, 1.54) is 36.4 Å². The number of rotatable bonds is 6. The summed E-state index contributed by atoms with van der Waals surface area (Å²) in [5.74, 6) is -1.43. The number of para-hydroxylation sites is 1. The average Bonchev–Trinajstić information content (AvgIpc) is 2.61. The minimum atomic E-state index is -0.824. The molecule has 2 rings (SSSR count). The van der Waals surface area contributed by atoms with Gasteiger partial charge in [-0.25, -0.2) is 4.79 Å². The van der Waals surface area contributed by atoms with E-state index in [-0.39, 0.29) is 22.0 Å². The second-order valence-electron chi connectivity index (χ2n) is 4.93. The Morgan fingerprint density at radius 2 is 1.92 bits per heavy atom. The fraction of sp³-hybridized carbons (Fsp3) is 0.0588. The van der Waals surface area contributed by atoms with Crippen molar-refractivity contribution in [2.75, 3.05) is 11.9 Å². The molecular formula is C17H12Cl2N2O5. The van der Waals surface area contributed by atoms with E-state index in [0.717, 1.165) is 6.08 Å². The summed E-state index contributed by atoms with van der Waals surface area (Å²) in [5, 5.41) is 14.0. The number of amides is 1. The number of nitrogens with zero attached hydrogens (tertiary/aromatic N) is 1. The van der Waals surface area contributed by atoms with Crippen molar-refractivity contribution in [2.45, 2.75) is 0 Å². The maximum atomic E-state index is 11.8. The zero-order valence-electron chi connectivity index (χ0n) is 13.1. The Bertz CT molecular complexity index is 883. The number of ether oxygens (including phenoxy) is 1. The normalized spacial score (nSPS) is 10.5. The third kappa shape index (κ3) is 5.58. The molecule has 0 aliphatic rings. The first kappa shape index (κ1) is 19.4. The van der Waals surface area contributed by atoms with Gasteiger partial charge in [0.05, 0.1) is 21.2 Å². The van der Waals surface area contributed by atoms with E-state index in [0.29, 0.717) is 5.02 Å². The first-order valence-electron chi connectivity index (χ1n) is 7.20. The van der Waals surface area contributed by atoms with Crippen LogP contribution in [0.25, 0.3) is 6.08 Å². The molecule has 0 aromatic heterocycles. The SMILES string of the molecule is O=C(COC(=O)/C=C/c1ccccc1[N+](=O)[O-])Nc1cc(Cl)ccc1Cl. The van der Waals surface area contributed by atoms with Gasteiger partial charge in [-0.2, -0.15) is 0 Å². The summed E-state index contributed by atoms with van der Waals surface area (Å²) < 4.78 is 4.78. The Labute approximate surface area is 158 Å². The lowest BCUT2D eigenvalue weighted by Gasteiger charge is -2.07. The number of hydrogen-bond acceptors (Lipinski definition) is 5. The molecule has 7 nitrogen and oxygen atoms in total. The highest BCUT2D eigenvalue weighted by Gasteiger charge is 2.11. The van der Waals surface area contributed by atoms with E-state index < -0.39 is 23.4 Å². The molecule has 0 aliphatic carbocycles. The highest BCUT2D eigenvalue weighted by atomic mass is 35.5. The molecule has 0 aliphatic heterocycles. The maximum Gasteiger partial charge on any atom is 0.331 e. The van der Waals surface area contributed by atoms with Crippen LogP contribution in [0.3, 0.4) is 0 Å². The lowest BCUT2D eigenvalue weighted by Crippen LogP contribution is -2.20. The van der Waals surface area contributed by atoms with Crippen LogP contribution in [-0.4, -0.2) is 23.4 Å². The van der Waals surface area contributed by atoms with Crippen LogP contribution in [-0.2, 0) is 14.3 Å². The van der Waals surface area contributed by atoms with E-state index in [1.807, 2.05) is 0 Å². The largest absolute Gasteiger partial charge is 0.452 e. The predicted molar refractivity (Wildman–Crippen MR) is 98.2 cm³/mol. The third-order valence-electron chi connectivity index (χ3n) is 3.08. The van der Waals surface area contributed by atoms with Gasteiger partial charge in [-0.1, -0.05) is 35.3 Å². The van der Waals surface area contributed by atoms with Gasteiger partial charge in [0.1, 0.15) is 0 Å². The number of nitro groups is 1. The number of nitro benzene ring substituents is 1. The highest BCUT2D eigenvalue weighted by Crippen LogP contribution is 2.25. The van der Waals surface area contributed by atoms with Gasteiger partial charge < -0.3 is 10.1 Å². The monoisotopic (exact) mass is 394 g/mol. The molecule has 9 heteroatoms. The van der Waals surface area contributed by atoms with Crippen molar-refractivity contribution in [2.24, 2.45) is 0 Å². The standard InChI is InChI=1S/C17H12Cl2N2O5/c18-12-6-7-13(19)14(9-12)20-16(22)10-26-17(23)8-5-11-3-1-2-4-15(11)21(24)25/h1-9H,10H2,(H,20,22)/b8-5+. The molecule has 134 valence electrons. The molecule has 0 spiro atoms. The number of halogens is 2. The topological polar surface area (TPSA) is 98.5 Å². The van der Waals surface area contributed by atoms with Crippen LogP contribution in [0.1, 0.15) is 5.56 Å². The smallest absolute Gasteiger partial charge is 0.331 e. The van der Waals surface area contributed by atoms with E-state index >= 15 is 0 Å². The number of esters is 1. The average molecular weight is 395 g/mol. The fourth-order valence-corrected chi connectivity index (χ4v) is 2.25. The second kappa shape index (κ2) is 8.98. The van der Waals surface area contributed by atoms with Gasteiger partial charge in [0.25, 0.3) is 11.6 Å². The van der Waals surface area contributed by atoms with Gasteiger partial charge in [-0.15, -0.1) is 0 Å². The Morgan fingerprint density at radius 3 is 2.65 bits per heavy atom. The molecule has 0 atom stereocenters.